The van der Waals surface area contributed by atoms with Crippen molar-refractivity contribution < 1.29 is 9.90 Å². The Morgan fingerprint density at radius 2 is 1.88 bits per heavy atom. The average molecular weight is 456 g/mol. The number of aliphatic carboxylic acids is 1. The molecule has 2 aromatic rings. The normalized spacial score (nSPS) is 30.9. The monoisotopic (exact) mass is 455 g/mol. The average Bonchev–Trinajstić information content (AvgIpc) is 2.77. The molecule has 2 N–H and O–H groups in total. The predicted octanol–water partition coefficient (Wildman–Crippen LogP) is 6.10. The third-order valence-electron chi connectivity index (χ3n) is 8.09. The number of rotatable bonds is 5. The highest BCUT2D eigenvalue weighted by molar-refractivity contribution is 6.37. The Morgan fingerprint density at radius 1 is 1.16 bits per heavy atom. The second kappa shape index (κ2) is 9.18. The van der Waals surface area contributed by atoms with Gasteiger partial charge < -0.3 is 10.4 Å². The molecule has 2 aliphatic heterocycles. The Labute approximate surface area is 195 Å². The minimum atomic E-state index is -0.625. The number of carbonyl (C=O) groups is 1. The van der Waals surface area contributed by atoms with E-state index in [1.807, 2.05) is 6.20 Å². The highest BCUT2D eigenvalue weighted by atomic mass is 35.5. The largest absolute Gasteiger partial charge is 0.481 e. The van der Waals surface area contributed by atoms with Crippen LogP contribution in [0.3, 0.4) is 0 Å². The molecule has 32 heavy (non-hydrogen) atoms. The van der Waals surface area contributed by atoms with E-state index >= 15 is 0 Å². The molecule has 0 amide bonds. The number of fused-ring (bicyclic) bond motifs is 3. The maximum atomic E-state index is 11.6. The number of hydrogen-bond donors (Lipinski definition) is 2. The zero-order valence-electron chi connectivity index (χ0n) is 18.9. The van der Waals surface area contributed by atoms with Crippen LogP contribution in [-0.2, 0) is 11.3 Å². The first-order valence-corrected chi connectivity index (χ1v) is 12.7. The van der Waals surface area contributed by atoms with Crippen LogP contribution in [0.5, 0.6) is 0 Å². The van der Waals surface area contributed by atoms with Crippen LogP contribution >= 0.6 is 11.6 Å². The van der Waals surface area contributed by atoms with Crippen molar-refractivity contribution in [3.05, 3.63) is 35.0 Å². The molecule has 2 unspecified atom stereocenters. The molecule has 3 fully saturated rings. The molecular weight excluding hydrogens is 422 g/mol. The van der Waals surface area contributed by atoms with Crippen LogP contribution in [0.15, 0.2) is 24.4 Å². The lowest BCUT2D eigenvalue weighted by atomic mass is 9.78. The fraction of sp³-hybridized carbons (Fsp3) is 0.615. The second-order valence-electron chi connectivity index (χ2n) is 10.4. The maximum absolute atomic E-state index is 11.6. The fourth-order valence-corrected chi connectivity index (χ4v) is 6.46. The topological polar surface area (TPSA) is 65.5 Å². The van der Waals surface area contributed by atoms with E-state index in [4.69, 9.17) is 11.6 Å². The highest BCUT2D eigenvalue weighted by Gasteiger charge is 2.40. The van der Waals surface area contributed by atoms with Crippen molar-refractivity contribution in [2.45, 2.75) is 89.4 Å². The summed E-state index contributed by atoms with van der Waals surface area (Å²) in [6.45, 7) is 3.20. The first-order chi connectivity index (χ1) is 15.5. The molecule has 2 saturated heterocycles. The fourth-order valence-electron chi connectivity index (χ4n) is 6.18. The van der Waals surface area contributed by atoms with Crippen LogP contribution in [0.4, 0.5) is 5.82 Å². The third kappa shape index (κ3) is 4.47. The van der Waals surface area contributed by atoms with E-state index in [1.165, 1.54) is 37.7 Å². The number of carboxylic acid groups (broad SMARTS) is 1. The number of pyridine rings is 1. The Morgan fingerprint density at radius 3 is 2.56 bits per heavy atom. The van der Waals surface area contributed by atoms with Crippen molar-refractivity contribution in [2.24, 2.45) is 11.8 Å². The number of aromatic nitrogens is 1. The third-order valence-corrected chi connectivity index (χ3v) is 8.47. The van der Waals surface area contributed by atoms with Gasteiger partial charge in [0.05, 0.1) is 10.9 Å². The minimum absolute atomic E-state index is 0.181. The van der Waals surface area contributed by atoms with E-state index in [0.717, 1.165) is 54.7 Å². The molecule has 1 saturated carbocycles. The first-order valence-electron chi connectivity index (χ1n) is 12.3. The van der Waals surface area contributed by atoms with Gasteiger partial charge in [-0.25, -0.2) is 4.98 Å². The van der Waals surface area contributed by atoms with Gasteiger partial charge in [-0.2, -0.15) is 0 Å². The van der Waals surface area contributed by atoms with E-state index in [2.05, 4.69) is 40.3 Å². The van der Waals surface area contributed by atoms with Gasteiger partial charge in [0.1, 0.15) is 5.82 Å². The van der Waals surface area contributed by atoms with Gasteiger partial charge in [-0.3, -0.25) is 9.69 Å². The Kier molecular flexibility index (Phi) is 6.31. The number of carboxylic acids is 1. The molecule has 1 aliphatic carbocycles. The summed E-state index contributed by atoms with van der Waals surface area (Å²) in [7, 11) is 0. The Hall–Kier alpha value is -1.85. The molecule has 0 radical (unpaired) electrons. The smallest absolute Gasteiger partial charge is 0.306 e. The summed E-state index contributed by atoms with van der Waals surface area (Å²) < 4.78 is 0. The van der Waals surface area contributed by atoms with E-state index < -0.39 is 5.97 Å². The molecule has 1 aromatic heterocycles. The van der Waals surface area contributed by atoms with Crippen molar-refractivity contribution in [1.29, 1.82) is 0 Å². The lowest BCUT2D eigenvalue weighted by Crippen LogP contribution is -2.52. The van der Waals surface area contributed by atoms with Crippen LogP contribution in [0.2, 0.25) is 5.02 Å². The summed E-state index contributed by atoms with van der Waals surface area (Å²) in [6.07, 6.45) is 11.8. The van der Waals surface area contributed by atoms with Gasteiger partial charge in [-0.05, 0) is 68.9 Å². The molecule has 5 rings (SSSR count). The quantitative estimate of drug-likeness (QED) is 0.570. The molecule has 3 heterocycles. The number of nitrogens with zero attached hydrogens (tertiary/aromatic N) is 2. The highest BCUT2D eigenvalue weighted by Crippen LogP contribution is 2.39. The summed E-state index contributed by atoms with van der Waals surface area (Å²) in [4.78, 5) is 18.8. The molecule has 0 spiro atoms. The number of nitrogens with one attached hydrogen (secondary N) is 1. The van der Waals surface area contributed by atoms with Crippen molar-refractivity contribution in [3.63, 3.8) is 0 Å². The Bertz CT molecular complexity index is 974. The second-order valence-corrected chi connectivity index (χ2v) is 10.7. The molecule has 2 bridgehead atoms. The molecule has 6 heteroatoms. The van der Waals surface area contributed by atoms with E-state index in [1.54, 1.807) is 0 Å². The van der Waals surface area contributed by atoms with Crippen LogP contribution in [0.25, 0.3) is 10.8 Å². The molecule has 2 atom stereocenters. The van der Waals surface area contributed by atoms with Gasteiger partial charge in [-0.15, -0.1) is 0 Å². The number of piperidine rings is 2. The zero-order chi connectivity index (χ0) is 22.2. The zero-order valence-corrected chi connectivity index (χ0v) is 19.7. The SMILES string of the molecule is C[C@H]1CC[C@H](Nc2ncc3cc(CN4C5CCCC4CC(C(=O)O)C5)ccc3c2Cl)CC1. The minimum Gasteiger partial charge on any atom is -0.481 e. The number of benzene rings is 1. The molecule has 5 nitrogen and oxygen atoms in total. The lowest BCUT2D eigenvalue weighted by Gasteiger charge is -2.48. The standard InChI is InChI=1S/C26H34ClN3O2/c1-16-5-8-20(9-6-16)29-25-24(27)23-10-7-17(11-19(23)14-28-25)15-30-21-3-2-4-22(30)13-18(12-21)26(31)32/h7,10-11,14,16,18,20-22H,2-6,8-9,12-13,15H2,1H3,(H,28,29)(H,31,32)/t16-,18?,20-,21?,22?. The van der Waals surface area contributed by atoms with E-state index in [0.29, 0.717) is 23.1 Å². The van der Waals surface area contributed by atoms with E-state index in [-0.39, 0.29) is 5.92 Å². The molecule has 172 valence electrons. The van der Waals surface area contributed by atoms with Crippen molar-refractivity contribution in [3.8, 4) is 0 Å². The summed E-state index contributed by atoms with van der Waals surface area (Å²) in [5.74, 6) is 0.817. The van der Waals surface area contributed by atoms with Gasteiger partial charge in [-0.1, -0.05) is 37.1 Å². The number of halogens is 1. The van der Waals surface area contributed by atoms with Crippen LogP contribution in [-0.4, -0.2) is 39.1 Å². The first kappa shape index (κ1) is 22.0. The van der Waals surface area contributed by atoms with Gasteiger partial charge in [0, 0.05) is 41.6 Å². The van der Waals surface area contributed by atoms with Gasteiger partial charge in [0.15, 0.2) is 0 Å². The summed E-state index contributed by atoms with van der Waals surface area (Å²) >= 11 is 6.77. The summed E-state index contributed by atoms with van der Waals surface area (Å²) in [6, 6.07) is 7.74. The molecular formula is C26H34ClN3O2. The van der Waals surface area contributed by atoms with Gasteiger partial charge in [0.2, 0.25) is 0 Å². The number of hydrogen-bond acceptors (Lipinski definition) is 4. The van der Waals surface area contributed by atoms with Crippen LogP contribution in [0.1, 0.15) is 70.3 Å². The van der Waals surface area contributed by atoms with Crippen molar-refractivity contribution in [1.82, 2.24) is 9.88 Å². The summed E-state index contributed by atoms with van der Waals surface area (Å²) in [5, 5.41) is 15.9. The van der Waals surface area contributed by atoms with Gasteiger partial charge >= 0.3 is 5.97 Å². The number of anilines is 1. The predicted molar refractivity (Wildman–Crippen MR) is 129 cm³/mol. The lowest BCUT2D eigenvalue weighted by molar-refractivity contribution is -0.146. The van der Waals surface area contributed by atoms with Gasteiger partial charge in [0.25, 0.3) is 0 Å². The summed E-state index contributed by atoms with van der Waals surface area (Å²) in [5.41, 5.74) is 1.25. The molecule has 3 aliphatic rings. The maximum Gasteiger partial charge on any atom is 0.306 e. The van der Waals surface area contributed by atoms with Crippen molar-refractivity contribution >= 4 is 34.2 Å². The van der Waals surface area contributed by atoms with E-state index in [9.17, 15) is 9.90 Å². The van der Waals surface area contributed by atoms with Crippen LogP contribution in [0, 0.1) is 11.8 Å². The molecule has 1 aromatic carbocycles. The van der Waals surface area contributed by atoms with Crippen LogP contribution < -0.4 is 5.32 Å². The van der Waals surface area contributed by atoms with Crippen molar-refractivity contribution in [2.75, 3.05) is 5.32 Å². The Balaban J connectivity index is 1.31.